The molecule has 0 spiro atoms. The molecule has 0 aliphatic rings. The maximum atomic E-state index is 14.0. The van der Waals surface area contributed by atoms with Gasteiger partial charge in [0.25, 0.3) is 0 Å². The molecule has 0 aromatic heterocycles. The summed E-state index contributed by atoms with van der Waals surface area (Å²) in [6.45, 7) is 5.76. The van der Waals surface area contributed by atoms with E-state index < -0.39 is 6.10 Å². The minimum atomic E-state index is -0.911. The highest BCUT2D eigenvalue weighted by Gasteiger charge is 2.17. The number of aliphatic hydroxyl groups is 1. The summed E-state index contributed by atoms with van der Waals surface area (Å²) < 4.78 is 14.0. The molecule has 100 valence electrons. The molecule has 0 radical (unpaired) electrons. The summed E-state index contributed by atoms with van der Waals surface area (Å²) in [6.07, 6.45) is 0.0420. The minimum Gasteiger partial charge on any atom is -0.384 e. The SMILES string of the molecule is CCc1ccc(C(O)c2c(C)cc(C)cc2F)cc1. The molecule has 1 N–H and O–H groups in total. The number of halogens is 1. The Kier molecular flexibility index (Phi) is 4.01. The highest BCUT2D eigenvalue weighted by molar-refractivity contribution is 5.39. The van der Waals surface area contributed by atoms with Crippen molar-refractivity contribution in [2.24, 2.45) is 0 Å². The molecule has 1 atom stereocenters. The molecule has 1 nitrogen and oxygen atoms in total. The third kappa shape index (κ3) is 2.85. The lowest BCUT2D eigenvalue weighted by atomic mass is 9.95. The Bertz CT molecular complexity index is 549. The molecule has 0 saturated heterocycles. The van der Waals surface area contributed by atoms with Gasteiger partial charge in [-0.3, -0.25) is 0 Å². The van der Waals surface area contributed by atoms with Crippen molar-refractivity contribution in [3.63, 3.8) is 0 Å². The highest BCUT2D eigenvalue weighted by Crippen LogP contribution is 2.28. The van der Waals surface area contributed by atoms with Gasteiger partial charge in [-0.2, -0.15) is 0 Å². The Hall–Kier alpha value is -1.67. The Morgan fingerprint density at radius 2 is 1.74 bits per heavy atom. The van der Waals surface area contributed by atoms with Gasteiger partial charge in [0.05, 0.1) is 0 Å². The second-order valence-electron chi connectivity index (χ2n) is 4.97. The quantitative estimate of drug-likeness (QED) is 0.879. The van der Waals surface area contributed by atoms with Crippen LogP contribution >= 0.6 is 0 Å². The Balaban J connectivity index is 2.40. The molecule has 0 heterocycles. The summed E-state index contributed by atoms with van der Waals surface area (Å²) in [5.74, 6) is -0.343. The number of benzene rings is 2. The summed E-state index contributed by atoms with van der Waals surface area (Å²) in [5.41, 5.74) is 3.95. The van der Waals surface area contributed by atoms with E-state index >= 15 is 0 Å². The van der Waals surface area contributed by atoms with Gasteiger partial charge in [-0.15, -0.1) is 0 Å². The van der Waals surface area contributed by atoms with Gasteiger partial charge in [0.1, 0.15) is 11.9 Å². The first-order chi connectivity index (χ1) is 9.02. The van der Waals surface area contributed by atoms with Crippen LogP contribution in [0.15, 0.2) is 36.4 Å². The predicted molar refractivity (Wildman–Crippen MR) is 75.8 cm³/mol. The van der Waals surface area contributed by atoms with Gasteiger partial charge in [0.15, 0.2) is 0 Å². The van der Waals surface area contributed by atoms with Gasteiger partial charge < -0.3 is 5.11 Å². The fourth-order valence-electron chi connectivity index (χ4n) is 2.38. The zero-order valence-electron chi connectivity index (χ0n) is 11.6. The molecule has 0 bridgehead atoms. The molecule has 2 aromatic rings. The van der Waals surface area contributed by atoms with Crippen LogP contribution in [-0.4, -0.2) is 5.11 Å². The number of hydrogen-bond donors (Lipinski definition) is 1. The Morgan fingerprint density at radius 1 is 1.11 bits per heavy atom. The van der Waals surface area contributed by atoms with Crippen LogP contribution in [0.4, 0.5) is 4.39 Å². The van der Waals surface area contributed by atoms with Gasteiger partial charge in [0, 0.05) is 5.56 Å². The van der Waals surface area contributed by atoms with E-state index in [1.54, 1.807) is 0 Å². The van der Waals surface area contributed by atoms with Crippen molar-refractivity contribution >= 4 is 0 Å². The standard InChI is InChI=1S/C17H19FO/c1-4-13-5-7-14(8-6-13)17(19)16-12(3)9-11(2)10-15(16)18/h5-10,17,19H,4H2,1-3H3. The largest absolute Gasteiger partial charge is 0.384 e. The molecule has 0 aliphatic heterocycles. The number of rotatable bonds is 3. The minimum absolute atomic E-state index is 0.343. The van der Waals surface area contributed by atoms with E-state index in [0.29, 0.717) is 5.56 Å². The van der Waals surface area contributed by atoms with Crippen molar-refractivity contribution < 1.29 is 9.50 Å². The molecular weight excluding hydrogens is 239 g/mol. The summed E-state index contributed by atoms with van der Waals surface area (Å²) >= 11 is 0. The molecule has 19 heavy (non-hydrogen) atoms. The Morgan fingerprint density at radius 3 is 2.26 bits per heavy atom. The normalized spacial score (nSPS) is 12.5. The van der Waals surface area contributed by atoms with Crippen LogP contribution in [-0.2, 0) is 6.42 Å². The number of aryl methyl sites for hydroxylation is 3. The smallest absolute Gasteiger partial charge is 0.129 e. The van der Waals surface area contributed by atoms with E-state index in [4.69, 9.17) is 0 Å². The lowest BCUT2D eigenvalue weighted by molar-refractivity contribution is 0.214. The van der Waals surface area contributed by atoms with Gasteiger partial charge in [0.2, 0.25) is 0 Å². The molecule has 0 fully saturated rings. The van der Waals surface area contributed by atoms with Crippen molar-refractivity contribution in [3.8, 4) is 0 Å². The first kappa shape index (κ1) is 13.8. The molecule has 0 amide bonds. The molecule has 0 aliphatic carbocycles. The van der Waals surface area contributed by atoms with Crippen molar-refractivity contribution in [3.05, 3.63) is 70.0 Å². The topological polar surface area (TPSA) is 20.2 Å². The van der Waals surface area contributed by atoms with Crippen LogP contribution < -0.4 is 0 Å². The number of hydrogen-bond acceptors (Lipinski definition) is 1. The van der Waals surface area contributed by atoms with Crippen LogP contribution in [0.1, 0.15) is 40.8 Å². The van der Waals surface area contributed by atoms with Gasteiger partial charge in [-0.1, -0.05) is 37.3 Å². The lowest BCUT2D eigenvalue weighted by Gasteiger charge is -2.16. The van der Waals surface area contributed by atoms with Gasteiger partial charge in [-0.05, 0) is 48.6 Å². The van der Waals surface area contributed by atoms with Crippen LogP contribution in [0.3, 0.4) is 0 Å². The average Bonchev–Trinajstić information content (AvgIpc) is 2.37. The van der Waals surface area contributed by atoms with Crippen LogP contribution in [0.2, 0.25) is 0 Å². The molecule has 2 rings (SSSR count). The predicted octanol–water partition coefficient (Wildman–Crippen LogP) is 4.09. The second-order valence-corrected chi connectivity index (χ2v) is 4.97. The Labute approximate surface area is 113 Å². The average molecular weight is 258 g/mol. The third-order valence-electron chi connectivity index (χ3n) is 3.46. The van der Waals surface area contributed by atoms with Crippen LogP contribution in [0.25, 0.3) is 0 Å². The summed E-state index contributed by atoms with van der Waals surface area (Å²) in [6, 6.07) is 11.0. The molecular formula is C17H19FO. The van der Waals surface area contributed by atoms with Gasteiger partial charge >= 0.3 is 0 Å². The zero-order valence-corrected chi connectivity index (χ0v) is 11.6. The van der Waals surface area contributed by atoms with E-state index in [2.05, 4.69) is 6.92 Å². The number of aliphatic hydroxyl groups excluding tert-OH is 1. The molecule has 1 unspecified atom stereocenters. The lowest BCUT2D eigenvalue weighted by Crippen LogP contribution is -2.06. The second kappa shape index (κ2) is 5.54. The maximum absolute atomic E-state index is 14.0. The monoisotopic (exact) mass is 258 g/mol. The van der Waals surface area contributed by atoms with Crippen molar-refractivity contribution in [2.75, 3.05) is 0 Å². The van der Waals surface area contributed by atoms with Crippen molar-refractivity contribution in [1.29, 1.82) is 0 Å². The van der Waals surface area contributed by atoms with E-state index in [-0.39, 0.29) is 5.82 Å². The fraction of sp³-hybridized carbons (Fsp3) is 0.294. The van der Waals surface area contributed by atoms with E-state index in [0.717, 1.165) is 23.1 Å². The maximum Gasteiger partial charge on any atom is 0.129 e. The zero-order chi connectivity index (χ0) is 14.0. The third-order valence-corrected chi connectivity index (χ3v) is 3.46. The fourth-order valence-corrected chi connectivity index (χ4v) is 2.38. The molecule has 2 heteroatoms. The summed E-state index contributed by atoms with van der Waals surface area (Å²) in [7, 11) is 0. The summed E-state index contributed by atoms with van der Waals surface area (Å²) in [5, 5.41) is 10.4. The van der Waals surface area contributed by atoms with E-state index in [1.165, 1.54) is 11.6 Å². The summed E-state index contributed by atoms with van der Waals surface area (Å²) in [4.78, 5) is 0. The van der Waals surface area contributed by atoms with Crippen LogP contribution in [0.5, 0.6) is 0 Å². The van der Waals surface area contributed by atoms with E-state index in [1.807, 2.05) is 44.2 Å². The van der Waals surface area contributed by atoms with Gasteiger partial charge in [-0.25, -0.2) is 4.39 Å². The van der Waals surface area contributed by atoms with E-state index in [9.17, 15) is 9.50 Å². The molecule has 0 saturated carbocycles. The first-order valence-electron chi connectivity index (χ1n) is 6.56. The first-order valence-corrected chi connectivity index (χ1v) is 6.56. The molecule has 2 aromatic carbocycles. The van der Waals surface area contributed by atoms with Crippen molar-refractivity contribution in [1.82, 2.24) is 0 Å². The highest BCUT2D eigenvalue weighted by atomic mass is 19.1. The van der Waals surface area contributed by atoms with Crippen LogP contribution in [0, 0.1) is 19.7 Å². The van der Waals surface area contributed by atoms with Crippen molar-refractivity contribution in [2.45, 2.75) is 33.3 Å².